The second-order valence-electron chi connectivity index (χ2n) is 8.46. The van der Waals surface area contributed by atoms with Crippen LogP contribution < -0.4 is 10.6 Å². The number of carbonyl (C=O) groups is 2. The van der Waals surface area contributed by atoms with Crippen LogP contribution in [0.3, 0.4) is 0 Å². The van der Waals surface area contributed by atoms with Gasteiger partial charge < -0.3 is 15.5 Å². The third kappa shape index (κ3) is 2.43. The molecule has 1 heterocycles. The number of fused-ring (bicyclic) bond motifs is 3. The molecule has 1 aromatic carbocycles. The Morgan fingerprint density at radius 2 is 1.96 bits per heavy atom. The van der Waals surface area contributed by atoms with E-state index in [1.807, 2.05) is 43.0 Å². The summed E-state index contributed by atoms with van der Waals surface area (Å²) in [5.41, 5.74) is 1.12. The molecule has 1 aromatic rings. The number of para-hydroxylation sites is 1. The molecule has 4 aliphatic rings. The number of nitrogens with one attached hydrogen (secondary N) is 2. The molecule has 26 heavy (non-hydrogen) atoms. The van der Waals surface area contributed by atoms with Gasteiger partial charge in [0.1, 0.15) is 5.66 Å². The molecule has 0 radical (unpaired) electrons. The molecule has 3 fully saturated rings. The van der Waals surface area contributed by atoms with Crippen molar-refractivity contribution in [2.24, 2.45) is 17.3 Å². The Hall–Kier alpha value is -2.04. The number of nitrogens with zero attached hydrogens (tertiary/aromatic N) is 1. The number of hydrogen-bond acceptors (Lipinski definition) is 3. The Labute approximate surface area is 155 Å². The minimum Gasteiger partial charge on any atom is -0.362 e. The van der Waals surface area contributed by atoms with Crippen molar-refractivity contribution in [2.75, 3.05) is 18.4 Å². The van der Waals surface area contributed by atoms with E-state index in [2.05, 4.69) is 17.6 Å². The van der Waals surface area contributed by atoms with Gasteiger partial charge in [-0.15, -0.1) is 0 Å². The number of hydrogen-bond donors (Lipinski definition) is 2. The molecule has 2 amide bonds. The minimum atomic E-state index is -0.418. The highest BCUT2D eigenvalue weighted by Gasteiger charge is 2.60. The van der Waals surface area contributed by atoms with E-state index in [-0.39, 0.29) is 23.2 Å². The summed E-state index contributed by atoms with van der Waals surface area (Å²) in [4.78, 5) is 27.8. The summed E-state index contributed by atoms with van der Waals surface area (Å²) in [5, 5.41) is 6.95. The molecule has 140 valence electrons. The van der Waals surface area contributed by atoms with Crippen LogP contribution in [-0.2, 0) is 4.79 Å². The summed E-state index contributed by atoms with van der Waals surface area (Å²) in [6.45, 7) is 7.86. The second kappa shape index (κ2) is 6.00. The van der Waals surface area contributed by atoms with Gasteiger partial charge in [-0.2, -0.15) is 0 Å². The molecular formula is C21H29N3O2. The Kier molecular flexibility index (Phi) is 4.01. The first-order valence-corrected chi connectivity index (χ1v) is 9.91. The smallest absolute Gasteiger partial charge is 0.255 e. The van der Waals surface area contributed by atoms with Crippen LogP contribution in [0.2, 0.25) is 0 Å². The second-order valence-corrected chi connectivity index (χ2v) is 8.46. The SMILES string of the molecule is CCN(CC)C(=O)[C@@H]1C[C@@H]2CC[C@]1(C)C[C@]21NC(=O)c2ccccc2N1. The summed E-state index contributed by atoms with van der Waals surface area (Å²) >= 11 is 0. The van der Waals surface area contributed by atoms with E-state index in [1.54, 1.807) is 0 Å². The summed E-state index contributed by atoms with van der Waals surface area (Å²) in [5.74, 6) is 0.635. The summed E-state index contributed by atoms with van der Waals surface area (Å²) < 4.78 is 0. The number of rotatable bonds is 3. The number of anilines is 1. The number of benzene rings is 1. The van der Waals surface area contributed by atoms with Crippen molar-refractivity contribution in [3.05, 3.63) is 29.8 Å². The molecule has 5 rings (SSSR count). The first-order chi connectivity index (χ1) is 12.4. The Balaban J connectivity index is 1.64. The molecule has 0 saturated heterocycles. The molecule has 0 unspecified atom stereocenters. The molecule has 1 aliphatic heterocycles. The average Bonchev–Trinajstić information content (AvgIpc) is 2.62. The van der Waals surface area contributed by atoms with E-state index < -0.39 is 5.66 Å². The lowest BCUT2D eigenvalue weighted by Gasteiger charge is -2.61. The Morgan fingerprint density at radius 1 is 1.23 bits per heavy atom. The van der Waals surface area contributed by atoms with Gasteiger partial charge in [-0.3, -0.25) is 9.59 Å². The summed E-state index contributed by atoms with van der Waals surface area (Å²) in [7, 11) is 0. The zero-order chi connectivity index (χ0) is 18.5. The molecule has 2 N–H and O–H groups in total. The topological polar surface area (TPSA) is 61.4 Å². The fraction of sp³-hybridized carbons (Fsp3) is 0.619. The van der Waals surface area contributed by atoms with Crippen molar-refractivity contribution >= 4 is 17.5 Å². The average molecular weight is 355 g/mol. The van der Waals surface area contributed by atoms with Crippen LogP contribution in [-0.4, -0.2) is 35.5 Å². The zero-order valence-electron chi connectivity index (χ0n) is 16.0. The molecule has 3 aliphatic carbocycles. The van der Waals surface area contributed by atoms with E-state index >= 15 is 0 Å². The Morgan fingerprint density at radius 3 is 2.65 bits per heavy atom. The molecule has 4 atom stereocenters. The molecule has 2 bridgehead atoms. The predicted molar refractivity (Wildman–Crippen MR) is 102 cm³/mol. The normalized spacial score (nSPS) is 34.8. The van der Waals surface area contributed by atoms with Gasteiger partial charge in [-0.25, -0.2) is 0 Å². The van der Waals surface area contributed by atoms with E-state index in [4.69, 9.17) is 0 Å². The fourth-order valence-corrected chi connectivity index (χ4v) is 5.58. The largest absolute Gasteiger partial charge is 0.362 e. The van der Waals surface area contributed by atoms with Crippen molar-refractivity contribution in [3.63, 3.8) is 0 Å². The maximum atomic E-state index is 13.1. The fourth-order valence-electron chi connectivity index (χ4n) is 5.58. The van der Waals surface area contributed by atoms with Crippen LogP contribution in [0.5, 0.6) is 0 Å². The van der Waals surface area contributed by atoms with Crippen molar-refractivity contribution in [2.45, 2.75) is 52.1 Å². The quantitative estimate of drug-likeness (QED) is 0.875. The lowest BCUT2D eigenvalue weighted by molar-refractivity contribution is -0.150. The van der Waals surface area contributed by atoms with Gasteiger partial charge in [0.2, 0.25) is 5.91 Å². The first-order valence-electron chi connectivity index (χ1n) is 9.91. The Bertz CT molecular complexity index is 745. The van der Waals surface area contributed by atoms with Crippen molar-refractivity contribution < 1.29 is 9.59 Å². The van der Waals surface area contributed by atoms with Crippen molar-refractivity contribution in [3.8, 4) is 0 Å². The summed E-state index contributed by atoms with van der Waals surface area (Å²) in [6.07, 6.45) is 3.76. The molecule has 5 heteroatoms. The van der Waals surface area contributed by atoms with E-state index in [1.165, 1.54) is 0 Å². The molecule has 5 nitrogen and oxygen atoms in total. The lowest BCUT2D eigenvalue weighted by atomic mass is 9.51. The van der Waals surface area contributed by atoms with Gasteiger partial charge in [0.05, 0.1) is 5.56 Å². The highest BCUT2D eigenvalue weighted by Crippen LogP contribution is 2.58. The van der Waals surface area contributed by atoms with Gasteiger partial charge in [-0.05, 0) is 57.1 Å². The minimum absolute atomic E-state index is 0.00196. The highest BCUT2D eigenvalue weighted by molar-refractivity contribution is 6.02. The predicted octanol–water partition coefficient (Wildman–Crippen LogP) is 3.23. The van der Waals surface area contributed by atoms with E-state index in [0.717, 1.165) is 44.5 Å². The highest BCUT2D eigenvalue weighted by atomic mass is 16.2. The maximum Gasteiger partial charge on any atom is 0.255 e. The van der Waals surface area contributed by atoms with Crippen LogP contribution in [0.1, 0.15) is 56.8 Å². The van der Waals surface area contributed by atoms with Crippen LogP contribution >= 0.6 is 0 Å². The lowest BCUT2D eigenvalue weighted by Crippen LogP contribution is -2.70. The van der Waals surface area contributed by atoms with Crippen LogP contribution in [0.25, 0.3) is 0 Å². The van der Waals surface area contributed by atoms with Gasteiger partial charge in [0.25, 0.3) is 5.91 Å². The van der Waals surface area contributed by atoms with Gasteiger partial charge >= 0.3 is 0 Å². The first kappa shape index (κ1) is 17.4. The van der Waals surface area contributed by atoms with Gasteiger partial charge in [0.15, 0.2) is 0 Å². The molecular weight excluding hydrogens is 326 g/mol. The van der Waals surface area contributed by atoms with Crippen LogP contribution in [0.4, 0.5) is 5.69 Å². The van der Waals surface area contributed by atoms with Crippen molar-refractivity contribution in [1.82, 2.24) is 10.2 Å². The van der Waals surface area contributed by atoms with Gasteiger partial charge in [0, 0.05) is 30.6 Å². The standard InChI is InChI=1S/C21H29N3O2/c1-4-24(5-2)19(26)16-12-14-10-11-20(16,3)13-21(14)22-17-9-7-6-8-15(17)18(25)23-21/h6-9,14,16,22H,4-5,10-13H2,1-3H3,(H,23,25)/t14-,16-,20+,21-/m0/s1. The van der Waals surface area contributed by atoms with Crippen LogP contribution in [0, 0.1) is 17.3 Å². The third-order valence-corrected chi connectivity index (χ3v) is 7.04. The van der Waals surface area contributed by atoms with E-state index in [0.29, 0.717) is 11.5 Å². The molecule has 3 saturated carbocycles. The van der Waals surface area contributed by atoms with Crippen molar-refractivity contribution in [1.29, 1.82) is 0 Å². The molecule has 1 spiro atoms. The third-order valence-electron chi connectivity index (χ3n) is 7.04. The zero-order valence-corrected chi connectivity index (χ0v) is 16.0. The number of carbonyl (C=O) groups excluding carboxylic acids is 2. The molecule has 0 aromatic heterocycles. The van der Waals surface area contributed by atoms with E-state index in [9.17, 15) is 9.59 Å². The monoisotopic (exact) mass is 355 g/mol. The summed E-state index contributed by atoms with van der Waals surface area (Å²) in [6, 6.07) is 7.71. The van der Waals surface area contributed by atoms with Gasteiger partial charge in [-0.1, -0.05) is 19.1 Å². The number of amides is 2. The van der Waals surface area contributed by atoms with Crippen LogP contribution in [0.15, 0.2) is 24.3 Å². The maximum absolute atomic E-state index is 13.1.